The zero-order valence-electron chi connectivity index (χ0n) is 17.9. The van der Waals surface area contributed by atoms with Crippen molar-refractivity contribution in [3.05, 3.63) is 64.5 Å². The van der Waals surface area contributed by atoms with Gasteiger partial charge < -0.3 is 25.9 Å². The lowest BCUT2D eigenvalue weighted by Crippen LogP contribution is -2.51. The van der Waals surface area contributed by atoms with Gasteiger partial charge in [-0.05, 0) is 48.6 Å². The Morgan fingerprint density at radius 2 is 2.19 bits per heavy atom. The fraction of sp³-hybridized carbons (Fsp3) is 0.417. The van der Waals surface area contributed by atoms with E-state index in [1.54, 1.807) is 11.1 Å². The maximum atomic E-state index is 13.2. The number of nitrogens with one attached hydrogen (secondary N) is 3. The Morgan fingerprint density at radius 1 is 1.35 bits per heavy atom. The second-order valence-electron chi connectivity index (χ2n) is 8.27. The van der Waals surface area contributed by atoms with Crippen LogP contribution in [0.1, 0.15) is 41.6 Å². The van der Waals surface area contributed by atoms with Crippen LogP contribution in [-0.4, -0.2) is 54.6 Å². The van der Waals surface area contributed by atoms with Gasteiger partial charge in [-0.1, -0.05) is 25.0 Å². The van der Waals surface area contributed by atoms with Crippen molar-refractivity contribution >= 4 is 12.1 Å². The van der Waals surface area contributed by atoms with Crippen molar-refractivity contribution in [2.75, 3.05) is 20.3 Å². The van der Waals surface area contributed by atoms with Crippen LogP contribution in [0.5, 0.6) is 5.75 Å². The number of aliphatic hydroxyl groups excluding tert-OH is 1. The number of fused-ring (bicyclic) bond motifs is 1. The predicted octanol–water partition coefficient (Wildman–Crippen LogP) is 2.49. The minimum Gasteiger partial charge on any atom is -0.472 e. The van der Waals surface area contributed by atoms with Crippen LogP contribution in [0.2, 0.25) is 0 Å². The van der Waals surface area contributed by atoms with Gasteiger partial charge in [0.15, 0.2) is 6.73 Å². The predicted molar refractivity (Wildman–Crippen MR) is 120 cm³/mol. The molecule has 7 nitrogen and oxygen atoms in total. The van der Waals surface area contributed by atoms with E-state index in [9.17, 15) is 9.90 Å². The summed E-state index contributed by atoms with van der Waals surface area (Å²) in [5.41, 5.74) is 4.51. The highest BCUT2D eigenvalue weighted by Crippen LogP contribution is 2.32. The number of benzene rings is 1. The SMILES string of the molecule is CN/C=C(\C=N)C1=CC=C(Cc2ccc3c(c2)C(=O)N([C@H]2CCCC[C@@H]2O)CO3)CN1. The number of amides is 1. The summed E-state index contributed by atoms with van der Waals surface area (Å²) in [5, 5.41) is 24.2. The largest absolute Gasteiger partial charge is 0.472 e. The van der Waals surface area contributed by atoms with E-state index in [0.29, 0.717) is 17.9 Å². The first-order valence-corrected chi connectivity index (χ1v) is 10.9. The molecule has 0 bridgehead atoms. The molecule has 1 fully saturated rings. The third-order valence-electron chi connectivity index (χ3n) is 6.18. The topological polar surface area (TPSA) is 97.7 Å². The van der Waals surface area contributed by atoms with Gasteiger partial charge in [0, 0.05) is 37.3 Å². The maximum Gasteiger partial charge on any atom is 0.260 e. The Balaban J connectivity index is 1.50. The van der Waals surface area contributed by atoms with Gasteiger partial charge in [-0.15, -0.1) is 0 Å². The Hall–Kier alpha value is -3.06. The van der Waals surface area contributed by atoms with Gasteiger partial charge in [0.2, 0.25) is 0 Å². The van der Waals surface area contributed by atoms with Gasteiger partial charge in [0.05, 0.1) is 17.7 Å². The molecule has 1 aliphatic carbocycles. The summed E-state index contributed by atoms with van der Waals surface area (Å²) in [6.45, 7) is 0.883. The van der Waals surface area contributed by atoms with Crippen LogP contribution in [0.25, 0.3) is 0 Å². The van der Waals surface area contributed by atoms with Gasteiger partial charge in [-0.25, -0.2) is 0 Å². The van der Waals surface area contributed by atoms with Crippen LogP contribution in [0.4, 0.5) is 0 Å². The molecule has 2 heterocycles. The van der Waals surface area contributed by atoms with Crippen molar-refractivity contribution in [1.29, 1.82) is 5.41 Å². The van der Waals surface area contributed by atoms with Crippen molar-refractivity contribution in [2.45, 2.75) is 44.2 Å². The summed E-state index contributed by atoms with van der Waals surface area (Å²) in [7, 11) is 1.81. The van der Waals surface area contributed by atoms with E-state index in [2.05, 4.69) is 16.7 Å². The molecule has 0 saturated heterocycles. The van der Waals surface area contributed by atoms with Crippen molar-refractivity contribution in [3.63, 3.8) is 0 Å². The summed E-state index contributed by atoms with van der Waals surface area (Å²) in [4.78, 5) is 14.9. The van der Waals surface area contributed by atoms with Gasteiger partial charge in [-0.2, -0.15) is 0 Å². The number of ether oxygens (including phenoxy) is 1. The Labute approximate surface area is 183 Å². The second-order valence-corrected chi connectivity index (χ2v) is 8.27. The number of dihydropyridines is 1. The number of aliphatic hydroxyl groups is 1. The number of nitrogens with zero attached hydrogens (tertiary/aromatic N) is 1. The van der Waals surface area contributed by atoms with Crippen LogP contribution in [0.3, 0.4) is 0 Å². The Kier molecular flexibility index (Phi) is 6.42. The molecule has 31 heavy (non-hydrogen) atoms. The number of rotatable bonds is 6. The molecule has 0 aromatic heterocycles. The van der Waals surface area contributed by atoms with Crippen molar-refractivity contribution in [1.82, 2.24) is 15.5 Å². The summed E-state index contributed by atoms with van der Waals surface area (Å²) in [6, 6.07) is 5.63. The number of allylic oxidation sites excluding steroid dienone is 3. The van der Waals surface area contributed by atoms with Crippen molar-refractivity contribution in [3.8, 4) is 5.75 Å². The highest BCUT2D eigenvalue weighted by molar-refractivity contribution is 5.98. The molecular weight excluding hydrogens is 392 g/mol. The third-order valence-corrected chi connectivity index (χ3v) is 6.18. The molecule has 0 spiro atoms. The fourth-order valence-electron chi connectivity index (χ4n) is 4.50. The van der Waals surface area contributed by atoms with Gasteiger partial charge in [0.25, 0.3) is 5.91 Å². The van der Waals surface area contributed by atoms with Gasteiger partial charge >= 0.3 is 0 Å². The lowest BCUT2D eigenvalue weighted by Gasteiger charge is -2.39. The Morgan fingerprint density at radius 3 is 2.90 bits per heavy atom. The summed E-state index contributed by atoms with van der Waals surface area (Å²) >= 11 is 0. The van der Waals surface area contributed by atoms with E-state index < -0.39 is 6.10 Å². The van der Waals surface area contributed by atoms with Crippen molar-refractivity contribution in [2.24, 2.45) is 0 Å². The second kappa shape index (κ2) is 9.39. The fourth-order valence-corrected chi connectivity index (χ4v) is 4.50. The standard InChI is InChI=1S/C24H30N4O3/c1-26-14-18(12-25)20-8-6-17(13-27-20)10-16-7-9-23-19(11-16)24(30)28(15-31-23)21-4-2-3-5-22(21)29/h6-9,11-12,14,21-22,25-27,29H,2-5,10,13,15H2,1H3/b18-14+,25-12?/t21-,22-/m0/s1. The van der Waals surface area contributed by atoms with E-state index in [1.807, 2.05) is 31.3 Å². The molecular formula is C24H30N4O3. The molecule has 4 N–H and O–H groups in total. The molecule has 2 atom stereocenters. The average molecular weight is 423 g/mol. The summed E-state index contributed by atoms with van der Waals surface area (Å²) in [6.07, 6.45) is 11.0. The molecule has 3 aliphatic rings. The summed E-state index contributed by atoms with van der Waals surface area (Å²) < 4.78 is 5.85. The minimum absolute atomic E-state index is 0.0557. The number of hydrogen-bond acceptors (Lipinski definition) is 6. The molecule has 0 unspecified atom stereocenters. The van der Waals surface area contributed by atoms with Crippen molar-refractivity contribution < 1.29 is 14.6 Å². The van der Waals surface area contributed by atoms with E-state index in [-0.39, 0.29) is 18.7 Å². The van der Waals surface area contributed by atoms with Crippen LogP contribution in [0.15, 0.2) is 53.4 Å². The molecule has 1 amide bonds. The average Bonchev–Trinajstić information content (AvgIpc) is 2.79. The first-order valence-electron chi connectivity index (χ1n) is 10.9. The molecule has 0 radical (unpaired) electrons. The lowest BCUT2D eigenvalue weighted by atomic mass is 9.90. The van der Waals surface area contributed by atoms with Gasteiger partial charge in [-0.3, -0.25) is 9.69 Å². The van der Waals surface area contributed by atoms with Crippen LogP contribution >= 0.6 is 0 Å². The number of carbonyl (C=O) groups is 1. The van der Waals surface area contributed by atoms with E-state index in [4.69, 9.17) is 10.1 Å². The molecule has 1 saturated carbocycles. The Bertz CT molecular complexity index is 950. The van der Waals surface area contributed by atoms with E-state index >= 15 is 0 Å². The maximum absolute atomic E-state index is 13.2. The first kappa shape index (κ1) is 21.2. The molecule has 1 aromatic rings. The number of hydrogen-bond donors (Lipinski definition) is 4. The zero-order chi connectivity index (χ0) is 21.8. The summed E-state index contributed by atoms with van der Waals surface area (Å²) in [5.74, 6) is 0.556. The normalized spacial score (nSPS) is 23.7. The minimum atomic E-state index is -0.478. The first-order chi connectivity index (χ1) is 15.1. The van der Waals surface area contributed by atoms with Crippen LogP contribution in [-0.2, 0) is 6.42 Å². The molecule has 4 rings (SSSR count). The molecule has 164 valence electrons. The van der Waals surface area contributed by atoms with E-state index in [0.717, 1.165) is 48.9 Å². The quantitative estimate of drug-likeness (QED) is 0.528. The smallest absolute Gasteiger partial charge is 0.260 e. The molecule has 1 aromatic carbocycles. The monoisotopic (exact) mass is 422 g/mol. The highest BCUT2D eigenvalue weighted by Gasteiger charge is 2.36. The highest BCUT2D eigenvalue weighted by atomic mass is 16.5. The van der Waals surface area contributed by atoms with Crippen LogP contribution < -0.4 is 15.4 Å². The lowest BCUT2D eigenvalue weighted by molar-refractivity contribution is -0.0124. The zero-order valence-corrected chi connectivity index (χ0v) is 17.9. The molecule has 7 heteroatoms. The van der Waals surface area contributed by atoms with Gasteiger partial charge in [0.1, 0.15) is 5.75 Å². The van der Waals surface area contributed by atoms with E-state index in [1.165, 1.54) is 11.8 Å². The third kappa shape index (κ3) is 4.51. The number of carbonyl (C=O) groups excluding carboxylic acids is 1. The van der Waals surface area contributed by atoms with Crippen LogP contribution in [0, 0.1) is 5.41 Å². The molecule has 2 aliphatic heterocycles.